The molecule has 2 aromatic carbocycles. The first-order valence-electron chi connectivity index (χ1n) is 11.7. The van der Waals surface area contributed by atoms with E-state index in [1.54, 1.807) is 29.2 Å². The van der Waals surface area contributed by atoms with Crippen molar-refractivity contribution in [2.75, 3.05) is 13.2 Å². The number of benzene rings is 2. The van der Waals surface area contributed by atoms with Gasteiger partial charge in [-0.25, -0.2) is 0 Å². The summed E-state index contributed by atoms with van der Waals surface area (Å²) in [6.45, 7) is 8.87. The van der Waals surface area contributed by atoms with Gasteiger partial charge in [0.25, 0.3) is 11.7 Å². The Hall–Kier alpha value is -3.28. The lowest BCUT2D eigenvalue weighted by Crippen LogP contribution is -2.30. The number of hydrogen-bond acceptors (Lipinski definition) is 5. The van der Waals surface area contributed by atoms with Crippen molar-refractivity contribution in [1.29, 1.82) is 0 Å². The first-order valence-corrected chi connectivity index (χ1v) is 11.7. The summed E-state index contributed by atoms with van der Waals surface area (Å²) in [4.78, 5) is 27.6. The Labute approximate surface area is 195 Å². The molecule has 0 radical (unpaired) electrons. The fourth-order valence-electron chi connectivity index (χ4n) is 4.02. The summed E-state index contributed by atoms with van der Waals surface area (Å²) in [5, 5.41) is 11.1. The van der Waals surface area contributed by atoms with E-state index < -0.39 is 17.7 Å². The molecule has 1 fully saturated rings. The van der Waals surface area contributed by atoms with Crippen LogP contribution in [0.5, 0.6) is 11.5 Å². The van der Waals surface area contributed by atoms with Gasteiger partial charge in [0.1, 0.15) is 17.3 Å². The summed E-state index contributed by atoms with van der Waals surface area (Å²) < 4.78 is 11.2. The Kier molecular flexibility index (Phi) is 8.15. The van der Waals surface area contributed by atoms with E-state index in [-0.39, 0.29) is 17.4 Å². The Morgan fingerprint density at radius 1 is 0.970 bits per heavy atom. The standard InChI is InChI=1S/C27H33NO5/c1-5-7-8-17-28-24(19-9-15-22(16-10-19)33-18(3)4)23(26(30)27(28)31)25(29)20-11-13-21(14-12-20)32-6-2/h9-16,18,24,29H,5-8,17H2,1-4H3/b25-23-. The third-order valence-corrected chi connectivity index (χ3v) is 5.55. The van der Waals surface area contributed by atoms with Gasteiger partial charge in [0.05, 0.1) is 24.3 Å². The second-order valence-corrected chi connectivity index (χ2v) is 8.39. The molecule has 0 saturated carbocycles. The molecule has 1 unspecified atom stereocenters. The number of rotatable bonds is 10. The average Bonchev–Trinajstić information content (AvgIpc) is 3.05. The molecule has 176 valence electrons. The molecule has 2 aromatic rings. The molecule has 0 bridgehead atoms. The monoisotopic (exact) mass is 451 g/mol. The maximum Gasteiger partial charge on any atom is 0.295 e. The van der Waals surface area contributed by atoms with Gasteiger partial charge in [-0.05, 0) is 69.2 Å². The highest BCUT2D eigenvalue weighted by Gasteiger charge is 2.45. The maximum absolute atomic E-state index is 13.1. The molecule has 3 rings (SSSR count). The molecule has 0 aromatic heterocycles. The molecule has 1 aliphatic heterocycles. The first-order chi connectivity index (χ1) is 15.9. The fourth-order valence-corrected chi connectivity index (χ4v) is 4.02. The van der Waals surface area contributed by atoms with Crippen LogP contribution in [0.15, 0.2) is 54.1 Å². The summed E-state index contributed by atoms with van der Waals surface area (Å²) >= 11 is 0. The van der Waals surface area contributed by atoms with E-state index in [9.17, 15) is 14.7 Å². The number of ketones is 1. The first kappa shape index (κ1) is 24.4. The number of nitrogens with zero attached hydrogens (tertiary/aromatic N) is 1. The predicted octanol–water partition coefficient (Wildman–Crippen LogP) is 5.48. The van der Waals surface area contributed by atoms with E-state index in [1.807, 2.05) is 45.0 Å². The third-order valence-electron chi connectivity index (χ3n) is 5.55. The van der Waals surface area contributed by atoms with E-state index in [2.05, 4.69) is 6.92 Å². The van der Waals surface area contributed by atoms with E-state index >= 15 is 0 Å². The van der Waals surface area contributed by atoms with E-state index in [1.165, 1.54) is 0 Å². The molecule has 1 atom stereocenters. The number of unbranched alkanes of at least 4 members (excludes halogenated alkanes) is 2. The van der Waals surface area contributed by atoms with Crippen LogP contribution in [0.2, 0.25) is 0 Å². The van der Waals surface area contributed by atoms with Gasteiger partial charge >= 0.3 is 0 Å². The van der Waals surface area contributed by atoms with Gasteiger partial charge in [0, 0.05) is 12.1 Å². The van der Waals surface area contributed by atoms with Gasteiger partial charge in [0.15, 0.2) is 0 Å². The number of aliphatic hydroxyl groups excluding tert-OH is 1. The van der Waals surface area contributed by atoms with Gasteiger partial charge in [-0.3, -0.25) is 9.59 Å². The van der Waals surface area contributed by atoms with Crippen molar-refractivity contribution in [3.63, 3.8) is 0 Å². The molecule has 0 spiro atoms. The van der Waals surface area contributed by atoms with Crippen molar-refractivity contribution in [1.82, 2.24) is 4.90 Å². The van der Waals surface area contributed by atoms with Crippen molar-refractivity contribution >= 4 is 17.4 Å². The van der Waals surface area contributed by atoms with Crippen molar-refractivity contribution < 1.29 is 24.2 Å². The van der Waals surface area contributed by atoms with Crippen LogP contribution >= 0.6 is 0 Å². The number of hydrogen-bond donors (Lipinski definition) is 1. The molecule has 0 aliphatic carbocycles. The molecular weight excluding hydrogens is 418 g/mol. The number of Topliss-reactive ketones (excluding diaryl/α,β-unsaturated/α-hetero) is 1. The lowest BCUT2D eigenvalue weighted by atomic mass is 9.95. The highest BCUT2D eigenvalue weighted by atomic mass is 16.5. The zero-order valence-corrected chi connectivity index (χ0v) is 19.8. The second-order valence-electron chi connectivity index (χ2n) is 8.39. The quantitative estimate of drug-likeness (QED) is 0.224. The summed E-state index contributed by atoms with van der Waals surface area (Å²) in [5.74, 6) is -0.0343. The summed E-state index contributed by atoms with van der Waals surface area (Å²) in [6, 6.07) is 13.6. The molecular formula is C27H33NO5. The predicted molar refractivity (Wildman–Crippen MR) is 128 cm³/mol. The Balaban J connectivity index is 2.04. The summed E-state index contributed by atoms with van der Waals surface area (Å²) in [6.07, 6.45) is 2.78. The van der Waals surface area contributed by atoms with E-state index in [4.69, 9.17) is 9.47 Å². The van der Waals surface area contributed by atoms with Gasteiger partial charge in [-0.1, -0.05) is 31.9 Å². The number of ether oxygens (including phenoxy) is 2. The normalized spacial score (nSPS) is 17.6. The summed E-state index contributed by atoms with van der Waals surface area (Å²) in [7, 11) is 0. The van der Waals surface area contributed by atoms with Crippen molar-refractivity contribution in [3.8, 4) is 11.5 Å². The molecule has 6 heteroatoms. The van der Waals surface area contributed by atoms with Crippen LogP contribution in [0, 0.1) is 0 Å². The van der Waals surface area contributed by atoms with Crippen molar-refractivity contribution in [2.45, 2.75) is 59.1 Å². The average molecular weight is 452 g/mol. The minimum atomic E-state index is -0.662. The van der Waals surface area contributed by atoms with Gasteiger partial charge in [0.2, 0.25) is 0 Å². The van der Waals surface area contributed by atoms with Crippen LogP contribution in [0.3, 0.4) is 0 Å². The lowest BCUT2D eigenvalue weighted by molar-refractivity contribution is -0.139. The summed E-state index contributed by atoms with van der Waals surface area (Å²) in [5.41, 5.74) is 1.34. The van der Waals surface area contributed by atoms with Crippen LogP contribution in [-0.4, -0.2) is 41.0 Å². The smallest absolute Gasteiger partial charge is 0.295 e. The molecule has 1 amide bonds. The molecule has 1 heterocycles. The van der Waals surface area contributed by atoms with Crippen LogP contribution < -0.4 is 9.47 Å². The number of carbonyl (C=O) groups excluding carboxylic acids is 2. The Morgan fingerprint density at radius 3 is 2.18 bits per heavy atom. The van der Waals surface area contributed by atoms with Crippen LogP contribution in [0.25, 0.3) is 5.76 Å². The van der Waals surface area contributed by atoms with Gasteiger partial charge in [-0.2, -0.15) is 0 Å². The number of likely N-dealkylation sites (tertiary alicyclic amines) is 1. The lowest BCUT2D eigenvalue weighted by Gasteiger charge is -2.25. The van der Waals surface area contributed by atoms with Gasteiger partial charge in [-0.15, -0.1) is 0 Å². The zero-order valence-electron chi connectivity index (χ0n) is 19.8. The maximum atomic E-state index is 13.1. The molecule has 33 heavy (non-hydrogen) atoms. The minimum Gasteiger partial charge on any atom is -0.507 e. The topological polar surface area (TPSA) is 76.1 Å². The Bertz CT molecular complexity index is 992. The van der Waals surface area contributed by atoms with Gasteiger partial charge < -0.3 is 19.5 Å². The molecule has 1 saturated heterocycles. The number of carbonyl (C=O) groups is 2. The third kappa shape index (κ3) is 5.56. The second kappa shape index (κ2) is 11.0. The van der Waals surface area contributed by atoms with Crippen LogP contribution in [0.1, 0.15) is 64.1 Å². The SMILES string of the molecule is CCCCCN1C(=O)C(=O)/C(=C(\O)c2ccc(OCC)cc2)C1c1ccc(OC(C)C)cc1. The zero-order chi connectivity index (χ0) is 24.0. The Morgan fingerprint density at radius 2 is 1.61 bits per heavy atom. The van der Waals surface area contributed by atoms with Crippen LogP contribution in [0.4, 0.5) is 0 Å². The number of amides is 1. The molecule has 1 N–H and O–H groups in total. The largest absolute Gasteiger partial charge is 0.507 e. The molecule has 1 aliphatic rings. The van der Waals surface area contributed by atoms with E-state index in [0.29, 0.717) is 30.2 Å². The fraction of sp³-hybridized carbons (Fsp3) is 0.407. The highest BCUT2D eigenvalue weighted by Crippen LogP contribution is 2.40. The van der Waals surface area contributed by atoms with Crippen molar-refractivity contribution in [2.24, 2.45) is 0 Å². The van der Waals surface area contributed by atoms with E-state index in [0.717, 1.165) is 24.8 Å². The highest BCUT2D eigenvalue weighted by molar-refractivity contribution is 6.46. The molecule has 6 nitrogen and oxygen atoms in total. The van der Waals surface area contributed by atoms with Crippen molar-refractivity contribution in [3.05, 3.63) is 65.2 Å². The minimum absolute atomic E-state index is 0.0372. The van der Waals surface area contributed by atoms with Crippen LogP contribution in [-0.2, 0) is 9.59 Å². The number of aliphatic hydroxyl groups is 1.